The highest BCUT2D eigenvalue weighted by atomic mass is 16.5. The predicted octanol–water partition coefficient (Wildman–Crippen LogP) is 4.03. The zero-order chi connectivity index (χ0) is 20.1. The van der Waals surface area contributed by atoms with Crippen LogP contribution in [0.2, 0.25) is 0 Å². The monoisotopic (exact) mass is 374 g/mol. The fraction of sp³-hybridized carbons (Fsp3) is 0.217. The summed E-state index contributed by atoms with van der Waals surface area (Å²) >= 11 is 0. The first kappa shape index (κ1) is 19.2. The second-order valence-corrected chi connectivity index (χ2v) is 6.35. The summed E-state index contributed by atoms with van der Waals surface area (Å²) < 4.78 is 11.1. The summed E-state index contributed by atoms with van der Waals surface area (Å²) in [5.74, 6) is -0.857. The standard InChI is InChI=1S/C23H22N2O3/c1-3-15-10-12-16(13-11-15)19-18(14-24)22(25)28-21(17-8-6-5-7-9-17)20(19)23(26)27-4-2/h5-13,19H,3-4,25H2,1-2H3. The predicted molar refractivity (Wildman–Crippen MR) is 106 cm³/mol. The van der Waals surface area contributed by atoms with E-state index in [9.17, 15) is 10.1 Å². The lowest BCUT2D eigenvalue weighted by atomic mass is 9.81. The minimum atomic E-state index is -0.654. The molecule has 1 unspecified atom stereocenters. The molecule has 2 aromatic carbocycles. The van der Waals surface area contributed by atoms with Crippen LogP contribution in [0.1, 0.15) is 36.5 Å². The lowest BCUT2D eigenvalue weighted by Crippen LogP contribution is -2.25. The molecule has 142 valence electrons. The molecule has 2 N–H and O–H groups in total. The molecule has 3 rings (SSSR count). The number of allylic oxidation sites excluding steroid dienone is 1. The molecule has 0 saturated carbocycles. The highest BCUT2D eigenvalue weighted by Gasteiger charge is 2.38. The smallest absolute Gasteiger partial charge is 0.338 e. The summed E-state index contributed by atoms with van der Waals surface area (Å²) in [7, 11) is 0. The molecule has 5 nitrogen and oxygen atoms in total. The molecule has 1 aliphatic heterocycles. The Bertz CT molecular complexity index is 967. The number of carbonyl (C=O) groups excluding carboxylic acids is 1. The van der Waals surface area contributed by atoms with Crippen molar-refractivity contribution in [1.82, 2.24) is 0 Å². The van der Waals surface area contributed by atoms with Gasteiger partial charge in [-0.25, -0.2) is 4.79 Å². The molecule has 0 saturated heterocycles. The maximum Gasteiger partial charge on any atom is 0.338 e. The minimum Gasteiger partial charge on any atom is -0.463 e. The first-order chi connectivity index (χ1) is 13.6. The molecule has 0 radical (unpaired) electrons. The number of nitrogens with zero attached hydrogens (tertiary/aromatic N) is 1. The topological polar surface area (TPSA) is 85.3 Å². The van der Waals surface area contributed by atoms with Crippen molar-refractivity contribution in [3.63, 3.8) is 0 Å². The van der Waals surface area contributed by atoms with Gasteiger partial charge in [0.15, 0.2) is 0 Å². The molecule has 1 heterocycles. The van der Waals surface area contributed by atoms with Crippen molar-refractivity contribution in [2.24, 2.45) is 5.73 Å². The van der Waals surface area contributed by atoms with Crippen LogP contribution in [-0.4, -0.2) is 12.6 Å². The number of ether oxygens (including phenoxy) is 2. The van der Waals surface area contributed by atoms with Crippen molar-refractivity contribution in [3.8, 4) is 6.07 Å². The fourth-order valence-electron chi connectivity index (χ4n) is 3.26. The van der Waals surface area contributed by atoms with E-state index >= 15 is 0 Å². The number of rotatable bonds is 5. The molecule has 28 heavy (non-hydrogen) atoms. The van der Waals surface area contributed by atoms with E-state index in [1.807, 2.05) is 54.6 Å². The van der Waals surface area contributed by atoms with E-state index in [1.54, 1.807) is 6.92 Å². The van der Waals surface area contributed by atoms with Crippen LogP contribution in [0.4, 0.5) is 0 Å². The number of hydrogen-bond donors (Lipinski definition) is 1. The van der Waals surface area contributed by atoms with Gasteiger partial charge in [0.1, 0.15) is 17.4 Å². The van der Waals surface area contributed by atoms with Crippen LogP contribution >= 0.6 is 0 Å². The number of carbonyl (C=O) groups is 1. The van der Waals surface area contributed by atoms with Crippen LogP contribution in [0.5, 0.6) is 0 Å². The largest absolute Gasteiger partial charge is 0.463 e. The normalized spacial score (nSPS) is 16.4. The van der Waals surface area contributed by atoms with Gasteiger partial charge >= 0.3 is 5.97 Å². The fourth-order valence-corrected chi connectivity index (χ4v) is 3.26. The zero-order valence-corrected chi connectivity index (χ0v) is 15.9. The lowest BCUT2D eigenvalue weighted by molar-refractivity contribution is -0.138. The summed E-state index contributed by atoms with van der Waals surface area (Å²) in [6, 6.07) is 19.2. The van der Waals surface area contributed by atoms with E-state index < -0.39 is 11.9 Å². The van der Waals surface area contributed by atoms with E-state index in [4.69, 9.17) is 15.2 Å². The first-order valence-corrected chi connectivity index (χ1v) is 9.23. The van der Waals surface area contributed by atoms with Crippen molar-refractivity contribution in [1.29, 1.82) is 5.26 Å². The Balaban J connectivity index is 2.24. The lowest BCUT2D eigenvalue weighted by Gasteiger charge is -2.28. The van der Waals surface area contributed by atoms with Crippen molar-refractivity contribution in [2.45, 2.75) is 26.2 Å². The molecular weight excluding hydrogens is 352 g/mol. The SMILES string of the molecule is CCOC(=O)C1=C(c2ccccc2)OC(N)=C(C#N)C1c1ccc(CC)cc1. The molecule has 0 amide bonds. The maximum atomic E-state index is 12.9. The third kappa shape index (κ3) is 3.63. The van der Waals surface area contributed by atoms with Crippen molar-refractivity contribution >= 4 is 11.7 Å². The van der Waals surface area contributed by atoms with Gasteiger partial charge in [-0.1, -0.05) is 61.5 Å². The van der Waals surface area contributed by atoms with E-state index in [1.165, 1.54) is 0 Å². The summed E-state index contributed by atoms with van der Waals surface area (Å²) in [6.07, 6.45) is 0.896. The second kappa shape index (κ2) is 8.45. The number of esters is 1. The Morgan fingerprint density at radius 1 is 1.14 bits per heavy atom. The van der Waals surface area contributed by atoms with Crippen LogP contribution in [0.3, 0.4) is 0 Å². The molecule has 0 aliphatic carbocycles. The Morgan fingerprint density at radius 3 is 2.39 bits per heavy atom. The van der Waals surface area contributed by atoms with E-state index in [2.05, 4.69) is 13.0 Å². The quantitative estimate of drug-likeness (QED) is 0.799. The zero-order valence-electron chi connectivity index (χ0n) is 15.9. The maximum absolute atomic E-state index is 12.9. The van der Waals surface area contributed by atoms with Crippen LogP contribution in [0.25, 0.3) is 5.76 Å². The number of benzene rings is 2. The van der Waals surface area contributed by atoms with Gasteiger partial charge in [0.25, 0.3) is 0 Å². The molecular formula is C23H22N2O3. The number of nitrogens with two attached hydrogens (primary N) is 1. The van der Waals surface area contributed by atoms with Gasteiger partial charge in [-0.3, -0.25) is 0 Å². The van der Waals surface area contributed by atoms with Crippen LogP contribution < -0.4 is 5.73 Å². The molecule has 1 aliphatic rings. The summed E-state index contributed by atoms with van der Waals surface area (Å²) in [5, 5.41) is 9.74. The Hall–Kier alpha value is -3.52. The Morgan fingerprint density at radius 2 is 1.82 bits per heavy atom. The Labute approximate surface area is 164 Å². The van der Waals surface area contributed by atoms with Crippen LogP contribution in [0, 0.1) is 11.3 Å². The summed E-state index contributed by atoms with van der Waals surface area (Å²) in [4.78, 5) is 12.9. The molecule has 1 atom stereocenters. The van der Waals surface area contributed by atoms with E-state index in [-0.39, 0.29) is 23.6 Å². The molecule has 0 aromatic heterocycles. The van der Waals surface area contributed by atoms with Gasteiger partial charge in [0, 0.05) is 5.56 Å². The molecule has 0 bridgehead atoms. The molecule has 0 spiro atoms. The van der Waals surface area contributed by atoms with Gasteiger partial charge in [0.2, 0.25) is 5.88 Å². The number of aryl methyl sites for hydroxylation is 1. The van der Waals surface area contributed by atoms with E-state index in [0.717, 1.165) is 17.5 Å². The number of hydrogen-bond acceptors (Lipinski definition) is 5. The van der Waals surface area contributed by atoms with Crippen molar-refractivity contribution in [2.75, 3.05) is 6.61 Å². The molecule has 2 aromatic rings. The molecule has 0 fully saturated rings. The highest BCUT2D eigenvalue weighted by Crippen LogP contribution is 2.42. The third-order valence-corrected chi connectivity index (χ3v) is 4.67. The highest BCUT2D eigenvalue weighted by molar-refractivity contribution is 5.99. The first-order valence-electron chi connectivity index (χ1n) is 9.23. The van der Waals surface area contributed by atoms with Crippen molar-refractivity contribution < 1.29 is 14.3 Å². The summed E-state index contributed by atoms with van der Waals surface area (Å²) in [6.45, 7) is 4.03. The average molecular weight is 374 g/mol. The average Bonchev–Trinajstić information content (AvgIpc) is 2.73. The van der Waals surface area contributed by atoms with Crippen LogP contribution in [0.15, 0.2) is 71.6 Å². The van der Waals surface area contributed by atoms with Gasteiger partial charge in [-0.2, -0.15) is 5.26 Å². The van der Waals surface area contributed by atoms with Crippen LogP contribution in [-0.2, 0) is 20.7 Å². The van der Waals surface area contributed by atoms with Gasteiger partial charge in [0.05, 0.1) is 18.1 Å². The second-order valence-electron chi connectivity index (χ2n) is 6.35. The Kier molecular flexibility index (Phi) is 5.81. The van der Waals surface area contributed by atoms with Gasteiger partial charge < -0.3 is 15.2 Å². The van der Waals surface area contributed by atoms with Gasteiger partial charge in [-0.05, 0) is 24.5 Å². The number of nitriles is 1. The van der Waals surface area contributed by atoms with Crippen molar-refractivity contribution in [3.05, 3.63) is 88.3 Å². The third-order valence-electron chi connectivity index (χ3n) is 4.67. The van der Waals surface area contributed by atoms with E-state index in [0.29, 0.717) is 11.3 Å². The minimum absolute atomic E-state index is 0.000954. The molecule has 5 heteroatoms. The summed E-state index contributed by atoms with van der Waals surface area (Å²) in [5.41, 5.74) is 9.21. The van der Waals surface area contributed by atoms with Gasteiger partial charge in [-0.15, -0.1) is 0 Å².